The molecule has 0 amide bonds. The highest BCUT2D eigenvalue weighted by atomic mass is 35.5. The second kappa shape index (κ2) is 5.82. The number of fused-ring (bicyclic) bond motifs is 1. The van der Waals surface area contributed by atoms with Crippen molar-refractivity contribution in [2.24, 2.45) is 5.92 Å². The standard InChI is InChI=1S/C16H23ClN2/c1-12(9-13-4-6-15(17)7-5-13)19-8-2-3-14-10-18-11-16(14)19/h4-7,12,14,16,18H,2-3,8-11H2,1H3. The summed E-state index contributed by atoms with van der Waals surface area (Å²) in [5, 5.41) is 4.39. The Kier molecular flexibility index (Phi) is 4.11. The van der Waals surface area contributed by atoms with Crippen LogP contribution in [-0.2, 0) is 6.42 Å². The predicted molar refractivity (Wildman–Crippen MR) is 80.7 cm³/mol. The van der Waals surface area contributed by atoms with Crippen LogP contribution in [0, 0.1) is 5.92 Å². The normalized spacial score (nSPS) is 29.2. The van der Waals surface area contributed by atoms with Gasteiger partial charge in [0.15, 0.2) is 0 Å². The SMILES string of the molecule is CC(Cc1ccc(Cl)cc1)N1CCCC2CNCC21. The molecule has 1 aromatic carbocycles. The largest absolute Gasteiger partial charge is 0.315 e. The zero-order valence-corrected chi connectivity index (χ0v) is 12.4. The second-order valence-electron chi connectivity index (χ2n) is 6.05. The molecule has 0 aliphatic carbocycles. The van der Waals surface area contributed by atoms with Crippen molar-refractivity contribution in [3.05, 3.63) is 34.9 Å². The van der Waals surface area contributed by atoms with Gasteiger partial charge in [-0.2, -0.15) is 0 Å². The van der Waals surface area contributed by atoms with Crippen molar-refractivity contribution < 1.29 is 0 Å². The molecular formula is C16H23ClN2. The van der Waals surface area contributed by atoms with Crippen LogP contribution in [0.1, 0.15) is 25.3 Å². The Bertz CT molecular complexity index is 417. The van der Waals surface area contributed by atoms with Crippen LogP contribution in [0.3, 0.4) is 0 Å². The third kappa shape index (κ3) is 2.96. The minimum atomic E-state index is 0.619. The van der Waals surface area contributed by atoms with Gasteiger partial charge >= 0.3 is 0 Å². The average molecular weight is 279 g/mol. The molecule has 2 heterocycles. The first-order valence-corrected chi connectivity index (χ1v) is 7.83. The molecular weight excluding hydrogens is 256 g/mol. The summed E-state index contributed by atoms with van der Waals surface area (Å²) < 4.78 is 0. The summed E-state index contributed by atoms with van der Waals surface area (Å²) in [7, 11) is 0. The molecule has 2 fully saturated rings. The van der Waals surface area contributed by atoms with Crippen LogP contribution in [0.4, 0.5) is 0 Å². The molecule has 104 valence electrons. The van der Waals surface area contributed by atoms with Crippen molar-refractivity contribution in [1.82, 2.24) is 10.2 Å². The molecule has 1 aromatic rings. The molecule has 3 rings (SSSR count). The lowest BCUT2D eigenvalue weighted by atomic mass is 9.90. The van der Waals surface area contributed by atoms with Gasteiger partial charge in [-0.3, -0.25) is 4.90 Å². The number of hydrogen-bond donors (Lipinski definition) is 1. The number of halogens is 1. The maximum Gasteiger partial charge on any atom is 0.0406 e. The van der Waals surface area contributed by atoms with Crippen molar-refractivity contribution in [1.29, 1.82) is 0 Å². The first-order chi connectivity index (χ1) is 9.24. The lowest BCUT2D eigenvalue weighted by Gasteiger charge is -2.41. The molecule has 3 atom stereocenters. The van der Waals surface area contributed by atoms with Crippen LogP contribution in [0.25, 0.3) is 0 Å². The Morgan fingerprint density at radius 3 is 2.89 bits per heavy atom. The summed E-state index contributed by atoms with van der Waals surface area (Å²) in [6.07, 6.45) is 3.88. The van der Waals surface area contributed by atoms with E-state index in [9.17, 15) is 0 Å². The van der Waals surface area contributed by atoms with Crippen LogP contribution in [0.5, 0.6) is 0 Å². The monoisotopic (exact) mass is 278 g/mol. The van der Waals surface area contributed by atoms with E-state index in [0.717, 1.165) is 23.4 Å². The van der Waals surface area contributed by atoms with Crippen LogP contribution < -0.4 is 5.32 Å². The molecule has 3 heteroatoms. The number of piperidine rings is 1. The Labute approximate surface area is 121 Å². The van der Waals surface area contributed by atoms with E-state index in [-0.39, 0.29) is 0 Å². The van der Waals surface area contributed by atoms with Crippen molar-refractivity contribution >= 4 is 11.6 Å². The highest BCUT2D eigenvalue weighted by molar-refractivity contribution is 6.30. The van der Waals surface area contributed by atoms with Crippen LogP contribution >= 0.6 is 11.6 Å². The van der Waals surface area contributed by atoms with Gasteiger partial charge in [-0.15, -0.1) is 0 Å². The van der Waals surface area contributed by atoms with E-state index in [4.69, 9.17) is 11.6 Å². The molecule has 0 radical (unpaired) electrons. The zero-order chi connectivity index (χ0) is 13.2. The van der Waals surface area contributed by atoms with E-state index in [1.165, 1.54) is 38.0 Å². The third-order valence-corrected chi connectivity index (χ3v) is 4.98. The average Bonchev–Trinajstić information content (AvgIpc) is 2.89. The van der Waals surface area contributed by atoms with E-state index in [1.807, 2.05) is 12.1 Å². The molecule has 0 bridgehead atoms. The van der Waals surface area contributed by atoms with Crippen molar-refractivity contribution in [2.75, 3.05) is 19.6 Å². The van der Waals surface area contributed by atoms with Crippen LogP contribution in [0.15, 0.2) is 24.3 Å². The first kappa shape index (κ1) is 13.4. The maximum absolute atomic E-state index is 5.95. The predicted octanol–water partition coefficient (Wildman–Crippen LogP) is 2.95. The Morgan fingerprint density at radius 2 is 2.11 bits per heavy atom. The summed E-state index contributed by atoms with van der Waals surface area (Å²) in [5.41, 5.74) is 1.39. The number of nitrogens with zero attached hydrogens (tertiary/aromatic N) is 1. The summed E-state index contributed by atoms with van der Waals surface area (Å²) in [6.45, 7) is 6.03. The molecule has 2 aliphatic heterocycles. The van der Waals surface area contributed by atoms with Crippen LogP contribution in [-0.4, -0.2) is 36.6 Å². The zero-order valence-electron chi connectivity index (χ0n) is 11.6. The molecule has 0 aromatic heterocycles. The van der Waals surface area contributed by atoms with Gasteiger partial charge in [0.1, 0.15) is 0 Å². The van der Waals surface area contributed by atoms with Crippen molar-refractivity contribution in [3.8, 4) is 0 Å². The summed E-state index contributed by atoms with van der Waals surface area (Å²) in [6, 6.07) is 9.70. The third-order valence-electron chi connectivity index (χ3n) is 4.73. The summed E-state index contributed by atoms with van der Waals surface area (Å²) in [4.78, 5) is 2.72. The van der Waals surface area contributed by atoms with E-state index < -0.39 is 0 Å². The van der Waals surface area contributed by atoms with Gasteiger partial charge in [0.05, 0.1) is 0 Å². The number of hydrogen-bond acceptors (Lipinski definition) is 2. The molecule has 2 nitrogen and oxygen atoms in total. The highest BCUT2D eigenvalue weighted by Gasteiger charge is 2.36. The van der Waals surface area contributed by atoms with Crippen molar-refractivity contribution in [3.63, 3.8) is 0 Å². The van der Waals surface area contributed by atoms with Crippen LogP contribution in [0.2, 0.25) is 5.02 Å². The van der Waals surface area contributed by atoms with Gasteiger partial charge in [-0.25, -0.2) is 0 Å². The smallest absolute Gasteiger partial charge is 0.0406 e. The highest BCUT2D eigenvalue weighted by Crippen LogP contribution is 2.28. The number of benzene rings is 1. The summed E-state index contributed by atoms with van der Waals surface area (Å²) >= 11 is 5.95. The number of likely N-dealkylation sites (tertiary alicyclic amines) is 1. The molecule has 0 saturated carbocycles. The Hall–Kier alpha value is -0.570. The van der Waals surface area contributed by atoms with Gasteiger partial charge in [-0.05, 0) is 62.9 Å². The minimum absolute atomic E-state index is 0.619. The number of rotatable bonds is 3. The molecule has 2 saturated heterocycles. The fourth-order valence-electron chi connectivity index (χ4n) is 3.73. The minimum Gasteiger partial charge on any atom is -0.315 e. The van der Waals surface area contributed by atoms with E-state index in [1.54, 1.807) is 0 Å². The van der Waals surface area contributed by atoms with E-state index in [2.05, 4.69) is 29.3 Å². The molecule has 1 N–H and O–H groups in total. The van der Waals surface area contributed by atoms with E-state index in [0.29, 0.717) is 6.04 Å². The van der Waals surface area contributed by atoms with Gasteiger partial charge in [0.2, 0.25) is 0 Å². The van der Waals surface area contributed by atoms with Gasteiger partial charge in [-0.1, -0.05) is 23.7 Å². The fourth-order valence-corrected chi connectivity index (χ4v) is 3.86. The maximum atomic E-state index is 5.95. The first-order valence-electron chi connectivity index (χ1n) is 7.45. The molecule has 3 unspecified atom stereocenters. The second-order valence-corrected chi connectivity index (χ2v) is 6.48. The quantitative estimate of drug-likeness (QED) is 0.915. The van der Waals surface area contributed by atoms with Gasteiger partial charge < -0.3 is 5.32 Å². The molecule has 2 aliphatic rings. The molecule has 19 heavy (non-hydrogen) atoms. The fraction of sp³-hybridized carbons (Fsp3) is 0.625. The summed E-state index contributed by atoms with van der Waals surface area (Å²) in [5.74, 6) is 0.876. The molecule has 0 spiro atoms. The lowest BCUT2D eigenvalue weighted by molar-refractivity contribution is 0.0848. The number of nitrogens with one attached hydrogen (secondary N) is 1. The van der Waals surface area contributed by atoms with Crippen molar-refractivity contribution in [2.45, 2.75) is 38.3 Å². The van der Waals surface area contributed by atoms with E-state index >= 15 is 0 Å². The topological polar surface area (TPSA) is 15.3 Å². The Balaban J connectivity index is 1.65. The van der Waals surface area contributed by atoms with Gasteiger partial charge in [0, 0.05) is 23.7 Å². The lowest BCUT2D eigenvalue weighted by Crippen LogP contribution is -2.50. The van der Waals surface area contributed by atoms with Gasteiger partial charge in [0.25, 0.3) is 0 Å². The Morgan fingerprint density at radius 1 is 1.32 bits per heavy atom.